The van der Waals surface area contributed by atoms with E-state index >= 15 is 0 Å². The molecule has 5 heteroatoms. The van der Waals surface area contributed by atoms with Gasteiger partial charge in [0.15, 0.2) is 0 Å². The van der Waals surface area contributed by atoms with Gasteiger partial charge in [-0.15, -0.1) is 0 Å². The Morgan fingerprint density at radius 1 is 1.39 bits per heavy atom. The number of urea groups is 1. The molecule has 0 spiro atoms. The van der Waals surface area contributed by atoms with Gasteiger partial charge in [-0.1, -0.05) is 13.8 Å². The molecule has 0 aromatic heterocycles. The number of nitrogens with zero attached hydrogens (tertiary/aromatic N) is 1. The minimum atomic E-state index is 0.0574. The van der Waals surface area contributed by atoms with Gasteiger partial charge < -0.3 is 15.3 Å². The average molecular weight is 274 g/mol. The summed E-state index contributed by atoms with van der Waals surface area (Å²) in [6.45, 7) is 6.94. The summed E-state index contributed by atoms with van der Waals surface area (Å²) in [5.41, 5.74) is 0. The second-order valence-corrected chi connectivity index (χ2v) is 6.52. The number of hydrogen-bond acceptors (Lipinski definition) is 3. The number of carbonyl (C=O) groups is 1. The van der Waals surface area contributed by atoms with Crippen LogP contribution < -0.4 is 5.32 Å². The fourth-order valence-electron chi connectivity index (χ4n) is 2.26. The normalized spacial score (nSPS) is 17.9. The van der Waals surface area contributed by atoms with Crippen LogP contribution in [0.1, 0.15) is 26.7 Å². The highest BCUT2D eigenvalue weighted by molar-refractivity contribution is 7.99. The first-order chi connectivity index (χ1) is 8.63. The molecule has 1 aliphatic heterocycles. The van der Waals surface area contributed by atoms with Crippen molar-refractivity contribution in [1.82, 2.24) is 10.2 Å². The molecule has 1 atom stereocenters. The van der Waals surface area contributed by atoms with Crippen LogP contribution in [0.25, 0.3) is 0 Å². The van der Waals surface area contributed by atoms with Crippen molar-refractivity contribution in [1.29, 1.82) is 0 Å². The molecule has 106 valence electrons. The Balaban J connectivity index is 2.28. The first kappa shape index (κ1) is 15.6. The lowest BCUT2D eigenvalue weighted by Crippen LogP contribution is -2.45. The summed E-state index contributed by atoms with van der Waals surface area (Å²) in [6, 6.07) is 0.0574. The van der Waals surface area contributed by atoms with Crippen LogP contribution in [0.2, 0.25) is 0 Å². The van der Waals surface area contributed by atoms with Crippen LogP contribution in [-0.2, 0) is 0 Å². The molecule has 1 aliphatic rings. The lowest BCUT2D eigenvalue weighted by atomic mass is 9.94. The Kier molecular flexibility index (Phi) is 7.51. The summed E-state index contributed by atoms with van der Waals surface area (Å²) < 4.78 is 0. The third-order valence-corrected chi connectivity index (χ3v) is 4.12. The minimum Gasteiger partial charge on any atom is -0.396 e. The van der Waals surface area contributed by atoms with Crippen molar-refractivity contribution in [3.63, 3.8) is 0 Å². The van der Waals surface area contributed by atoms with Gasteiger partial charge in [0.1, 0.15) is 0 Å². The number of nitrogens with one attached hydrogen (secondary N) is 1. The number of rotatable bonds is 6. The maximum Gasteiger partial charge on any atom is 0.317 e. The highest BCUT2D eigenvalue weighted by Crippen LogP contribution is 2.15. The molecule has 1 fully saturated rings. The van der Waals surface area contributed by atoms with Crippen LogP contribution in [-0.4, -0.2) is 53.8 Å². The summed E-state index contributed by atoms with van der Waals surface area (Å²) in [5, 5.41) is 12.0. The number of aliphatic hydroxyl groups excluding tert-OH is 1. The molecular weight excluding hydrogens is 248 g/mol. The van der Waals surface area contributed by atoms with Crippen LogP contribution in [0.15, 0.2) is 0 Å². The van der Waals surface area contributed by atoms with Gasteiger partial charge in [0.25, 0.3) is 0 Å². The molecule has 1 saturated heterocycles. The van der Waals surface area contributed by atoms with Crippen LogP contribution >= 0.6 is 11.8 Å². The Morgan fingerprint density at radius 3 is 2.61 bits per heavy atom. The van der Waals surface area contributed by atoms with E-state index in [4.69, 9.17) is 5.11 Å². The molecule has 0 aliphatic carbocycles. The van der Waals surface area contributed by atoms with Crippen molar-refractivity contribution < 1.29 is 9.90 Å². The van der Waals surface area contributed by atoms with E-state index in [9.17, 15) is 4.79 Å². The molecule has 18 heavy (non-hydrogen) atoms. The number of thioether (sulfide) groups is 1. The second kappa shape index (κ2) is 8.64. The summed E-state index contributed by atoms with van der Waals surface area (Å²) in [5.74, 6) is 3.07. The fourth-order valence-corrected chi connectivity index (χ4v) is 3.17. The van der Waals surface area contributed by atoms with Gasteiger partial charge in [-0.05, 0) is 24.7 Å². The van der Waals surface area contributed by atoms with E-state index in [-0.39, 0.29) is 12.6 Å². The van der Waals surface area contributed by atoms with Gasteiger partial charge >= 0.3 is 6.03 Å². The summed E-state index contributed by atoms with van der Waals surface area (Å²) >= 11 is 1.90. The lowest BCUT2D eigenvalue weighted by molar-refractivity contribution is 0.195. The van der Waals surface area contributed by atoms with Crippen LogP contribution in [0.5, 0.6) is 0 Å². The Morgan fingerprint density at radius 2 is 2.06 bits per heavy atom. The van der Waals surface area contributed by atoms with Crippen LogP contribution in [0.3, 0.4) is 0 Å². The van der Waals surface area contributed by atoms with E-state index in [2.05, 4.69) is 19.2 Å². The van der Waals surface area contributed by atoms with Crippen molar-refractivity contribution >= 4 is 17.8 Å². The zero-order valence-corrected chi connectivity index (χ0v) is 12.3. The molecule has 1 heterocycles. The van der Waals surface area contributed by atoms with Gasteiger partial charge in [-0.25, -0.2) is 4.79 Å². The SMILES string of the molecule is CC(C)CC(CCO)CNC(=O)N1CCSCC1. The maximum atomic E-state index is 11.9. The van der Waals surface area contributed by atoms with E-state index in [0.29, 0.717) is 18.4 Å². The molecule has 2 N–H and O–H groups in total. The topological polar surface area (TPSA) is 52.6 Å². The molecule has 0 bridgehead atoms. The van der Waals surface area contributed by atoms with E-state index < -0.39 is 0 Å². The standard InChI is InChI=1S/C13H26N2O2S/c1-11(2)9-12(3-6-16)10-14-13(17)15-4-7-18-8-5-15/h11-12,16H,3-10H2,1-2H3,(H,14,17). The smallest absolute Gasteiger partial charge is 0.317 e. The number of aliphatic hydroxyl groups is 1. The highest BCUT2D eigenvalue weighted by atomic mass is 32.2. The van der Waals surface area contributed by atoms with E-state index in [0.717, 1.165) is 37.4 Å². The predicted molar refractivity (Wildman–Crippen MR) is 76.9 cm³/mol. The highest BCUT2D eigenvalue weighted by Gasteiger charge is 2.18. The van der Waals surface area contributed by atoms with Gasteiger partial charge in [-0.3, -0.25) is 0 Å². The molecular formula is C13H26N2O2S. The molecule has 4 nitrogen and oxygen atoms in total. The number of carbonyl (C=O) groups excluding carboxylic acids is 1. The molecule has 0 radical (unpaired) electrons. The average Bonchev–Trinajstić information content (AvgIpc) is 2.36. The molecule has 2 amide bonds. The zero-order chi connectivity index (χ0) is 13.4. The summed E-state index contributed by atoms with van der Waals surface area (Å²) in [4.78, 5) is 13.8. The molecule has 0 aromatic rings. The Labute approximate surface area is 115 Å². The summed E-state index contributed by atoms with van der Waals surface area (Å²) in [7, 11) is 0. The first-order valence-electron chi connectivity index (χ1n) is 6.85. The molecule has 1 unspecified atom stereocenters. The van der Waals surface area contributed by atoms with Crippen molar-refractivity contribution in [3.05, 3.63) is 0 Å². The molecule has 1 rings (SSSR count). The minimum absolute atomic E-state index is 0.0574. The molecule has 0 aromatic carbocycles. The number of hydrogen-bond donors (Lipinski definition) is 2. The van der Waals surface area contributed by atoms with Crippen molar-refractivity contribution in [2.75, 3.05) is 37.7 Å². The van der Waals surface area contributed by atoms with Crippen molar-refractivity contribution in [2.45, 2.75) is 26.7 Å². The van der Waals surface area contributed by atoms with Crippen LogP contribution in [0.4, 0.5) is 4.79 Å². The third-order valence-electron chi connectivity index (χ3n) is 3.18. The third kappa shape index (κ3) is 5.96. The van der Waals surface area contributed by atoms with Crippen molar-refractivity contribution in [2.24, 2.45) is 11.8 Å². The predicted octanol–water partition coefficient (Wildman–Crippen LogP) is 1.79. The quantitative estimate of drug-likeness (QED) is 0.776. The van der Waals surface area contributed by atoms with E-state index in [1.807, 2.05) is 16.7 Å². The van der Waals surface area contributed by atoms with Gasteiger partial charge in [0.2, 0.25) is 0 Å². The van der Waals surface area contributed by atoms with Crippen molar-refractivity contribution in [3.8, 4) is 0 Å². The molecule has 0 saturated carbocycles. The largest absolute Gasteiger partial charge is 0.396 e. The number of amides is 2. The van der Waals surface area contributed by atoms with Gasteiger partial charge in [0.05, 0.1) is 0 Å². The Bertz CT molecular complexity index is 243. The van der Waals surface area contributed by atoms with E-state index in [1.54, 1.807) is 0 Å². The Hall–Kier alpha value is -0.420. The zero-order valence-electron chi connectivity index (χ0n) is 11.5. The lowest BCUT2D eigenvalue weighted by Gasteiger charge is -2.28. The summed E-state index contributed by atoms with van der Waals surface area (Å²) in [6.07, 6.45) is 1.82. The van der Waals surface area contributed by atoms with Gasteiger partial charge in [0, 0.05) is 37.7 Å². The first-order valence-corrected chi connectivity index (χ1v) is 8.00. The van der Waals surface area contributed by atoms with Gasteiger partial charge in [-0.2, -0.15) is 11.8 Å². The maximum absolute atomic E-state index is 11.9. The fraction of sp³-hybridized carbons (Fsp3) is 0.923. The monoisotopic (exact) mass is 274 g/mol. The second-order valence-electron chi connectivity index (χ2n) is 5.29. The van der Waals surface area contributed by atoms with E-state index in [1.165, 1.54) is 0 Å². The van der Waals surface area contributed by atoms with Crippen LogP contribution in [0, 0.1) is 11.8 Å².